The number of nitrogens with zero attached hydrogens (tertiary/aromatic N) is 3. The van der Waals surface area contributed by atoms with Crippen LogP contribution in [0.1, 0.15) is 10.5 Å². The Labute approximate surface area is 171 Å². The van der Waals surface area contributed by atoms with E-state index in [1.165, 1.54) is 12.3 Å². The summed E-state index contributed by atoms with van der Waals surface area (Å²) in [6.07, 6.45) is 3.19. The lowest BCUT2D eigenvalue weighted by molar-refractivity contribution is -0.115. The zero-order chi connectivity index (χ0) is 20.2. The molecule has 0 aliphatic rings. The zero-order valence-corrected chi connectivity index (χ0v) is 15.9. The fraction of sp³-hybridized carbons (Fsp3) is 0.0476. The summed E-state index contributed by atoms with van der Waals surface area (Å²) < 4.78 is 1.97. The molecule has 0 bridgehead atoms. The van der Waals surface area contributed by atoms with Crippen molar-refractivity contribution in [2.75, 3.05) is 11.9 Å². The van der Waals surface area contributed by atoms with Gasteiger partial charge in [-0.2, -0.15) is 0 Å². The lowest BCUT2D eigenvalue weighted by Crippen LogP contribution is -2.33. The highest BCUT2D eigenvalue weighted by atomic mass is 35.5. The van der Waals surface area contributed by atoms with Crippen molar-refractivity contribution in [3.05, 3.63) is 83.9 Å². The predicted molar refractivity (Wildman–Crippen MR) is 111 cm³/mol. The number of carbonyl (C=O) groups is 2. The molecule has 2 amide bonds. The van der Waals surface area contributed by atoms with Crippen molar-refractivity contribution in [2.45, 2.75) is 0 Å². The van der Waals surface area contributed by atoms with E-state index in [2.05, 4.69) is 20.6 Å². The largest absolute Gasteiger partial charge is 0.342 e. The van der Waals surface area contributed by atoms with Crippen molar-refractivity contribution in [1.82, 2.24) is 19.9 Å². The lowest BCUT2D eigenvalue weighted by Gasteiger charge is -2.09. The van der Waals surface area contributed by atoms with E-state index >= 15 is 0 Å². The van der Waals surface area contributed by atoms with Crippen LogP contribution in [0.2, 0.25) is 5.02 Å². The van der Waals surface area contributed by atoms with Gasteiger partial charge in [-0.15, -0.1) is 0 Å². The summed E-state index contributed by atoms with van der Waals surface area (Å²) in [5, 5.41) is 5.66. The number of halogens is 1. The zero-order valence-electron chi connectivity index (χ0n) is 15.2. The van der Waals surface area contributed by atoms with Gasteiger partial charge < -0.3 is 10.6 Å². The van der Waals surface area contributed by atoms with Crippen molar-refractivity contribution in [3.63, 3.8) is 0 Å². The smallest absolute Gasteiger partial charge is 0.270 e. The first-order valence-corrected chi connectivity index (χ1v) is 9.20. The highest BCUT2D eigenvalue weighted by Crippen LogP contribution is 2.19. The Morgan fingerprint density at radius 2 is 1.79 bits per heavy atom. The summed E-state index contributed by atoms with van der Waals surface area (Å²) in [4.78, 5) is 32.4. The Morgan fingerprint density at radius 1 is 1.00 bits per heavy atom. The molecule has 0 saturated carbocycles. The fourth-order valence-electron chi connectivity index (χ4n) is 2.86. The number of hydrogen-bond acceptors (Lipinski definition) is 4. The Kier molecular flexibility index (Phi) is 5.22. The molecule has 7 nitrogen and oxygen atoms in total. The van der Waals surface area contributed by atoms with Crippen molar-refractivity contribution in [2.24, 2.45) is 0 Å². The number of pyridine rings is 1. The van der Waals surface area contributed by atoms with Crippen LogP contribution < -0.4 is 10.6 Å². The van der Waals surface area contributed by atoms with Crippen LogP contribution in [0.4, 0.5) is 5.69 Å². The Balaban J connectivity index is 1.37. The maximum atomic E-state index is 12.1. The Hall–Kier alpha value is -3.71. The van der Waals surface area contributed by atoms with E-state index in [0.717, 1.165) is 16.7 Å². The molecule has 0 aliphatic carbocycles. The summed E-state index contributed by atoms with van der Waals surface area (Å²) in [6, 6.07) is 18.2. The fourth-order valence-corrected chi connectivity index (χ4v) is 3.02. The Bertz CT molecular complexity index is 1190. The third-order valence-corrected chi connectivity index (χ3v) is 4.48. The predicted octanol–water partition coefficient (Wildman–Crippen LogP) is 3.44. The SMILES string of the molecule is O=C(CNC(=O)c1cc(Cl)ccn1)Nc1ccc(-n2cnc3ccccc32)cc1. The highest BCUT2D eigenvalue weighted by Gasteiger charge is 2.10. The molecule has 2 aromatic heterocycles. The number of fused-ring (bicyclic) bond motifs is 1. The van der Waals surface area contributed by atoms with Gasteiger partial charge in [-0.25, -0.2) is 4.98 Å². The molecule has 0 aliphatic heterocycles. The number of rotatable bonds is 5. The van der Waals surface area contributed by atoms with Crippen molar-refractivity contribution >= 4 is 40.1 Å². The van der Waals surface area contributed by atoms with Crippen molar-refractivity contribution in [1.29, 1.82) is 0 Å². The number of anilines is 1. The Morgan fingerprint density at radius 3 is 2.59 bits per heavy atom. The van der Waals surface area contributed by atoms with Gasteiger partial charge in [0.15, 0.2) is 0 Å². The van der Waals surface area contributed by atoms with E-state index in [0.29, 0.717) is 10.7 Å². The number of aromatic nitrogens is 3. The summed E-state index contributed by atoms with van der Waals surface area (Å²) >= 11 is 5.84. The standard InChI is InChI=1S/C21H16ClN5O2/c22-14-9-10-23-18(11-14)21(29)24-12-20(28)26-15-5-7-16(8-6-15)27-13-25-17-3-1-2-4-19(17)27/h1-11,13H,12H2,(H,24,29)(H,26,28). The molecule has 8 heteroatoms. The molecule has 0 spiro atoms. The molecule has 0 radical (unpaired) electrons. The van der Waals surface area contributed by atoms with Gasteiger partial charge in [0, 0.05) is 22.6 Å². The molecule has 29 heavy (non-hydrogen) atoms. The first-order valence-electron chi connectivity index (χ1n) is 8.82. The summed E-state index contributed by atoms with van der Waals surface area (Å²) in [5.74, 6) is -0.814. The molecule has 4 rings (SSSR count). The van der Waals surface area contributed by atoms with Gasteiger partial charge in [0.05, 0.1) is 17.6 Å². The average Bonchev–Trinajstić information content (AvgIpc) is 3.17. The number of nitrogens with one attached hydrogen (secondary N) is 2. The number of amides is 2. The van der Waals surface area contributed by atoms with Gasteiger partial charge >= 0.3 is 0 Å². The first kappa shape index (κ1) is 18.6. The van der Waals surface area contributed by atoms with Crippen LogP contribution in [-0.2, 0) is 4.79 Å². The summed E-state index contributed by atoms with van der Waals surface area (Å²) in [5.41, 5.74) is 3.62. The maximum Gasteiger partial charge on any atom is 0.270 e. The van der Waals surface area contributed by atoms with E-state index in [1.54, 1.807) is 24.5 Å². The second-order valence-corrected chi connectivity index (χ2v) is 6.68. The van der Waals surface area contributed by atoms with Crippen LogP contribution in [0.5, 0.6) is 0 Å². The van der Waals surface area contributed by atoms with Gasteiger partial charge in [-0.3, -0.25) is 19.1 Å². The molecule has 2 aromatic carbocycles. The van der Waals surface area contributed by atoms with Crippen LogP contribution in [0.25, 0.3) is 16.7 Å². The van der Waals surface area contributed by atoms with E-state index in [-0.39, 0.29) is 18.1 Å². The summed E-state index contributed by atoms with van der Waals surface area (Å²) in [6.45, 7) is -0.180. The molecule has 4 aromatic rings. The third kappa shape index (κ3) is 4.25. The topological polar surface area (TPSA) is 88.9 Å². The van der Waals surface area contributed by atoms with Crippen molar-refractivity contribution < 1.29 is 9.59 Å². The number of carbonyl (C=O) groups excluding carboxylic acids is 2. The van der Waals surface area contributed by atoms with E-state index in [1.807, 2.05) is 41.0 Å². The molecule has 0 atom stereocenters. The minimum absolute atomic E-state index is 0.155. The van der Waals surface area contributed by atoms with Gasteiger partial charge in [0.25, 0.3) is 5.91 Å². The lowest BCUT2D eigenvalue weighted by atomic mass is 10.2. The minimum atomic E-state index is -0.468. The normalized spacial score (nSPS) is 10.7. The van der Waals surface area contributed by atoms with Gasteiger partial charge in [-0.1, -0.05) is 23.7 Å². The van der Waals surface area contributed by atoms with Crippen LogP contribution in [-0.4, -0.2) is 32.9 Å². The molecule has 144 valence electrons. The highest BCUT2D eigenvalue weighted by molar-refractivity contribution is 6.30. The number of benzene rings is 2. The second-order valence-electron chi connectivity index (χ2n) is 6.24. The quantitative estimate of drug-likeness (QED) is 0.532. The molecular weight excluding hydrogens is 390 g/mol. The number of hydrogen-bond donors (Lipinski definition) is 2. The number of para-hydroxylation sites is 2. The molecule has 2 heterocycles. The number of imidazole rings is 1. The monoisotopic (exact) mass is 405 g/mol. The molecule has 0 saturated heterocycles. The van der Waals surface area contributed by atoms with Crippen LogP contribution in [0.3, 0.4) is 0 Å². The van der Waals surface area contributed by atoms with Gasteiger partial charge in [-0.05, 0) is 48.5 Å². The van der Waals surface area contributed by atoms with Crippen LogP contribution in [0.15, 0.2) is 73.2 Å². The van der Waals surface area contributed by atoms with E-state index < -0.39 is 5.91 Å². The van der Waals surface area contributed by atoms with Crippen molar-refractivity contribution in [3.8, 4) is 5.69 Å². The van der Waals surface area contributed by atoms with Crippen LogP contribution in [0, 0.1) is 0 Å². The van der Waals surface area contributed by atoms with Gasteiger partial charge in [0.2, 0.25) is 5.91 Å². The average molecular weight is 406 g/mol. The second kappa shape index (κ2) is 8.12. The van der Waals surface area contributed by atoms with E-state index in [4.69, 9.17) is 11.6 Å². The minimum Gasteiger partial charge on any atom is -0.342 e. The summed E-state index contributed by atoms with van der Waals surface area (Å²) in [7, 11) is 0. The third-order valence-electron chi connectivity index (χ3n) is 4.25. The molecule has 0 fully saturated rings. The molecule has 0 unspecified atom stereocenters. The van der Waals surface area contributed by atoms with E-state index in [9.17, 15) is 9.59 Å². The van der Waals surface area contributed by atoms with Crippen LogP contribution >= 0.6 is 11.6 Å². The molecular formula is C21H16ClN5O2. The first-order chi connectivity index (χ1) is 14.1. The van der Waals surface area contributed by atoms with Gasteiger partial charge in [0.1, 0.15) is 12.0 Å². The molecule has 2 N–H and O–H groups in total. The maximum absolute atomic E-state index is 12.1.